The summed E-state index contributed by atoms with van der Waals surface area (Å²) in [5.41, 5.74) is 1.45. The predicted molar refractivity (Wildman–Crippen MR) is 120 cm³/mol. The maximum absolute atomic E-state index is 12.8. The van der Waals surface area contributed by atoms with Gasteiger partial charge < -0.3 is 20.3 Å². The lowest BCUT2D eigenvalue weighted by Gasteiger charge is -2.23. The molecule has 3 rings (SSSR count). The van der Waals surface area contributed by atoms with E-state index in [9.17, 15) is 9.59 Å². The van der Waals surface area contributed by atoms with Crippen molar-refractivity contribution in [3.63, 3.8) is 0 Å². The highest BCUT2D eigenvalue weighted by Crippen LogP contribution is 2.19. The van der Waals surface area contributed by atoms with Crippen LogP contribution in [0.1, 0.15) is 13.8 Å². The Labute approximate surface area is 176 Å². The predicted octanol–water partition coefficient (Wildman–Crippen LogP) is 2.72. The van der Waals surface area contributed by atoms with E-state index in [1.807, 2.05) is 56.3 Å². The summed E-state index contributed by atoms with van der Waals surface area (Å²) in [5.74, 6) is 0.481. The van der Waals surface area contributed by atoms with Gasteiger partial charge in [-0.05, 0) is 61.0 Å². The number of fused-ring (bicyclic) bond motifs is 1. The number of benzene rings is 3. The summed E-state index contributed by atoms with van der Waals surface area (Å²) >= 11 is 0. The molecule has 6 heteroatoms. The van der Waals surface area contributed by atoms with E-state index in [0.29, 0.717) is 12.2 Å². The number of likely N-dealkylation sites (N-methyl/N-ethyl adjacent to an activating group) is 1. The van der Waals surface area contributed by atoms with Crippen molar-refractivity contribution in [2.24, 2.45) is 0 Å². The van der Waals surface area contributed by atoms with Crippen molar-refractivity contribution in [1.29, 1.82) is 0 Å². The Balaban J connectivity index is 1.59. The highest BCUT2D eigenvalue weighted by molar-refractivity contribution is 5.97. The minimum atomic E-state index is -0.372. The van der Waals surface area contributed by atoms with E-state index in [-0.39, 0.29) is 24.4 Å². The second kappa shape index (κ2) is 9.89. The van der Waals surface area contributed by atoms with Crippen LogP contribution in [0.15, 0.2) is 66.7 Å². The van der Waals surface area contributed by atoms with Gasteiger partial charge in [0.25, 0.3) is 11.8 Å². The molecule has 30 heavy (non-hydrogen) atoms. The smallest absolute Gasteiger partial charge is 0.282 e. The first-order chi connectivity index (χ1) is 14.5. The van der Waals surface area contributed by atoms with E-state index in [0.717, 1.165) is 27.1 Å². The van der Waals surface area contributed by atoms with E-state index < -0.39 is 0 Å². The standard InChI is InChI=1S/C24H27N3O3/c1-4-27(16-23(28)25-20-11-13-22(30-3)14-12-20)17(2)24(29)26-21-10-9-18-7-5-6-8-19(18)15-21/h5-15,17H,4,16H2,1-3H3,(H,25,28)(H,26,29)/p+1/t17-/m1/s1. The molecule has 2 atom stereocenters. The molecule has 0 heterocycles. The molecule has 0 radical (unpaired) electrons. The molecule has 0 aliphatic carbocycles. The zero-order valence-corrected chi connectivity index (χ0v) is 17.6. The van der Waals surface area contributed by atoms with Crippen molar-refractivity contribution in [1.82, 2.24) is 0 Å². The molecule has 1 unspecified atom stereocenters. The van der Waals surface area contributed by atoms with Gasteiger partial charge in [0.2, 0.25) is 0 Å². The molecule has 0 aromatic heterocycles. The molecule has 0 aliphatic rings. The Hall–Kier alpha value is -3.38. The van der Waals surface area contributed by atoms with Crippen molar-refractivity contribution >= 4 is 34.0 Å². The molecular weight excluding hydrogens is 378 g/mol. The van der Waals surface area contributed by atoms with Gasteiger partial charge in [0, 0.05) is 11.4 Å². The van der Waals surface area contributed by atoms with Gasteiger partial charge in [-0.2, -0.15) is 0 Å². The average molecular weight is 407 g/mol. The normalized spacial score (nSPS) is 12.8. The van der Waals surface area contributed by atoms with Gasteiger partial charge >= 0.3 is 0 Å². The second-order valence-corrected chi connectivity index (χ2v) is 7.24. The number of hydrogen-bond donors (Lipinski definition) is 3. The second-order valence-electron chi connectivity index (χ2n) is 7.24. The molecule has 0 fully saturated rings. The van der Waals surface area contributed by atoms with Gasteiger partial charge in [-0.25, -0.2) is 0 Å². The maximum Gasteiger partial charge on any atom is 0.282 e. The van der Waals surface area contributed by atoms with Gasteiger partial charge in [-0.3, -0.25) is 9.59 Å². The number of amides is 2. The number of ether oxygens (including phenoxy) is 1. The minimum Gasteiger partial charge on any atom is -0.497 e. The zero-order chi connectivity index (χ0) is 21.5. The molecule has 0 saturated heterocycles. The number of anilines is 2. The van der Waals surface area contributed by atoms with Crippen LogP contribution in [0.25, 0.3) is 10.8 Å². The number of quaternary nitrogens is 1. The number of hydrogen-bond acceptors (Lipinski definition) is 3. The number of rotatable bonds is 8. The van der Waals surface area contributed by atoms with Crippen molar-refractivity contribution < 1.29 is 19.2 Å². The third-order valence-corrected chi connectivity index (χ3v) is 5.24. The highest BCUT2D eigenvalue weighted by atomic mass is 16.5. The fourth-order valence-corrected chi connectivity index (χ4v) is 3.37. The van der Waals surface area contributed by atoms with Crippen molar-refractivity contribution in [3.05, 3.63) is 66.7 Å². The fraction of sp³-hybridized carbons (Fsp3) is 0.250. The van der Waals surface area contributed by atoms with E-state index in [2.05, 4.69) is 10.6 Å². The molecule has 6 nitrogen and oxygen atoms in total. The van der Waals surface area contributed by atoms with E-state index in [4.69, 9.17) is 4.74 Å². The molecule has 0 aliphatic heterocycles. The lowest BCUT2D eigenvalue weighted by molar-refractivity contribution is -0.904. The molecule has 3 aromatic carbocycles. The molecule has 3 N–H and O–H groups in total. The summed E-state index contributed by atoms with van der Waals surface area (Å²) in [5, 5.41) is 8.05. The Morgan fingerprint density at radius 3 is 2.27 bits per heavy atom. The SMILES string of the molecule is CC[NH+](CC(=O)Nc1ccc(OC)cc1)[C@H](C)C(=O)Nc1ccc2ccccc2c1. The summed E-state index contributed by atoms with van der Waals surface area (Å²) in [7, 11) is 1.60. The van der Waals surface area contributed by atoms with Crippen molar-refractivity contribution in [2.75, 3.05) is 30.8 Å². The van der Waals surface area contributed by atoms with Gasteiger partial charge in [0.05, 0.1) is 13.7 Å². The first-order valence-electron chi connectivity index (χ1n) is 10.1. The van der Waals surface area contributed by atoms with E-state index in [1.165, 1.54) is 0 Å². The largest absolute Gasteiger partial charge is 0.497 e. The van der Waals surface area contributed by atoms with Crippen molar-refractivity contribution in [3.8, 4) is 5.75 Å². The molecule has 0 bridgehead atoms. The molecule has 156 valence electrons. The summed E-state index contributed by atoms with van der Waals surface area (Å²) in [6.07, 6.45) is 0. The summed E-state index contributed by atoms with van der Waals surface area (Å²) in [6, 6.07) is 20.6. The number of methoxy groups -OCH3 is 1. The van der Waals surface area contributed by atoms with Crippen LogP contribution in [-0.4, -0.2) is 38.1 Å². The summed E-state index contributed by atoms with van der Waals surface area (Å²) in [6.45, 7) is 4.67. The number of nitrogens with one attached hydrogen (secondary N) is 3. The van der Waals surface area contributed by atoms with Gasteiger partial charge in [0.15, 0.2) is 12.6 Å². The number of carbonyl (C=O) groups is 2. The Kier molecular flexibility index (Phi) is 7.03. The molecular formula is C24H28N3O3+. The highest BCUT2D eigenvalue weighted by Gasteiger charge is 2.26. The van der Waals surface area contributed by atoms with E-state index >= 15 is 0 Å². The average Bonchev–Trinajstić information content (AvgIpc) is 2.77. The Morgan fingerprint density at radius 1 is 0.933 bits per heavy atom. The minimum absolute atomic E-state index is 0.112. The fourth-order valence-electron chi connectivity index (χ4n) is 3.37. The molecule has 0 spiro atoms. The third-order valence-electron chi connectivity index (χ3n) is 5.24. The first kappa shape index (κ1) is 21.3. The van der Waals surface area contributed by atoms with Crippen molar-refractivity contribution in [2.45, 2.75) is 19.9 Å². The van der Waals surface area contributed by atoms with Crippen LogP contribution < -0.4 is 20.3 Å². The lowest BCUT2D eigenvalue weighted by atomic mass is 10.1. The number of carbonyl (C=O) groups excluding carboxylic acids is 2. The zero-order valence-electron chi connectivity index (χ0n) is 17.6. The maximum atomic E-state index is 12.8. The Bertz CT molecular complexity index is 1020. The van der Waals surface area contributed by atoms with Gasteiger partial charge in [-0.15, -0.1) is 0 Å². The molecule has 0 saturated carbocycles. The molecule has 3 aromatic rings. The van der Waals surface area contributed by atoms with Gasteiger partial charge in [0.1, 0.15) is 5.75 Å². The quantitative estimate of drug-likeness (QED) is 0.539. The monoisotopic (exact) mass is 406 g/mol. The topological polar surface area (TPSA) is 71.9 Å². The van der Waals surface area contributed by atoms with Crippen LogP contribution in [0.4, 0.5) is 11.4 Å². The van der Waals surface area contributed by atoms with E-state index in [1.54, 1.807) is 31.4 Å². The first-order valence-corrected chi connectivity index (χ1v) is 10.1. The third kappa shape index (κ3) is 5.36. The van der Waals surface area contributed by atoms with Crippen LogP contribution in [0.2, 0.25) is 0 Å². The van der Waals surface area contributed by atoms with Crippen LogP contribution in [0, 0.1) is 0 Å². The molecule has 2 amide bonds. The Morgan fingerprint density at radius 2 is 1.60 bits per heavy atom. The summed E-state index contributed by atoms with van der Waals surface area (Å²) in [4.78, 5) is 26.1. The van der Waals surface area contributed by atoms with Crippen LogP contribution in [-0.2, 0) is 9.59 Å². The summed E-state index contributed by atoms with van der Waals surface area (Å²) < 4.78 is 5.13. The van der Waals surface area contributed by atoms with Crippen LogP contribution in [0.5, 0.6) is 5.75 Å². The van der Waals surface area contributed by atoms with Gasteiger partial charge in [-0.1, -0.05) is 30.3 Å². The lowest BCUT2D eigenvalue weighted by Crippen LogP contribution is -3.17. The van der Waals surface area contributed by atoms with Crippen LogP contribution >= 0.6 is 0 Å². The van der Waals surface area contributed by atoms with Crippen LogP contribution in [0.3, 0.4) is 0 Å².